The van der Waals surface area contributed by atoms with Crippen molar-refractivity contribution in [3.63, 3.8) is 0 Å². The van der Waals surface area contributed by atoms with Gasteiger partial charge in [-0.1, -0.05) is 60.7 Å². The molecule has 0 aliphatic heterocycles. The number of benzene rings is 2. The van der Waals surface area contributed by atoms with Gasteiger partial charge >= 0.3 is 0 Å². The topological polar surface area (TPSA) is 17.1 Å². The second-order valence-corrected chi connectivity index (χ2v) is 7.29. The smallest absolute Gasteiger partial charge is 0.144 e. The van der Waals surface area contributed by atoms with Crippen molar-refractivity contribution in [1.29, 1.82) is 0 Å². The molecule has 2 aromatic rings. The summed E-state index contributed by atoms with van der Waals surface area (Å²) in [5, 5.41) is 0. The molecule has 1 heteroatoms. The van der Waals surface area contributed by atoms with Gasteiger partial charge in [-0.15, -0.1) is 0 Å². The second-order valence-electron chi connectivity index (χ2n) is 7.29. The lowest BCUT2D eigenvalue weighted by atomic mass is 9.60. The molecule has 0 heterocycles. The maximum Gasteiger partial charge on any atom is 0.144 e. The molecule has 5 rings (SSSR count). The lowest BCUT2D eigenvalue weighted by Gasteiger charge is -2.41. The molecule has 1 spiro atoms. The van der Waals surface area contributed by atoms with E-state index in [4.69, 9.17) is 0 Å². The zero-order valence-electron chi connectivity index (χ0n) is 13.2. The molecule has 3 atom stereocenters. The predicted molar refractivity (Wildman–Crippen MR) is 92.2 cm³/mol. The molecule has 0 N–H and O–H groups in total. The fourth-order valence-corrected chi connectivity index (χ4v) is 5.27. The fourth-order valence-electron chi connectivity index (χ4n) is 5.27. The predicted octanol–water partition coefficient (Wildman–Crippen LogP) is 4.70. The van der Waals surface area contributed by atoms with E-state index in [0.717, 1.165) is 19.3 Å². The van der Waals surface area contributed by atoms with Crippen molar-refractivity contribution in [2.45, 2.75) is 31.1 Å². The summed E-state index contributed by atoms with van der Waals surface area (Å²) >= 11 is 0. The zero-order valence-corrected chi connectivity index (χ0v) is 13.2. The van der Waals surface area contributed by atoms with Crippen LogP contribution in [0, 0.1) is 11.8 Å². The molecule has 2 aromatic carbocycles. The van der Waals surface area contributed by atoms with Crippen LogP contribution in [0.25, 0.3) is 11.1 Å². The Balaban J connectivity index is 1.80. The summed E-state index contributed by atoms with van der Waals surface area (Å²) in [5.41, 5.74) is 5.01. The van der Waals surface area contributed by atoms with Gasteiger partial charge in [0.1, 0.15) is 5.78 Å². The van der Waals surface area contributed by atoms with E-state index >= 15 is 0 Å². The van der Waals surface area contributed by atoms with E-state index in [9.17, 15) is 4.79 Å². The van der Waals surface area contributed by atoms with Gasteiger partial charge in [-0.3, -0.25) is 4.79 Å². The molecule has 1 saturated carbocycles. The van der Waals surface area contributed by atoms with Crippen LogP contribution in [0.5, 0.6) is 0 Å². The van der Waals surface area contributed by atoms with Crippen LogP contribution in [-0.4, -0.2) is 5.78 Å². The molecule has 0 saturated heterocycles. The Hall–Kier alpha value is -2.15. The highest BCUT2D eigenvalue weighted by Gasteiger charge is 2.56. The van der Waals surface area contributed by atoms with Crippen molar-refractivity contribution in [2.24, 2.45) is 11.8 Å². The van der Waals surface area contributed by atoms with Crippen molar-refractivity contribution < 1.29 is 4.79 Å². The number of fused-ring (bicyclic) bond motifs is 5. The summed E-state index contributed by atoms with van der Waals surface area (Å²) in [4.78, 5) is 13.1. The van der Waals surface area contributed by atoms with Crippen molar-refractivity contribution in [3.05, 3.63) is 71.8 Å². The molecule has 23 heavy (non-hydrogen) atoms. The molecule has 3 unspecified atom stereocenters. The first kappa shape index (κ1) is 13.3. The highest BCUT2D eigenvalue weighted by Crippen LogP contribution is 2.58. The van der Waals surface area contributed by atoms with Gasteiger partial charge in [0.15, 0.2) is 0 Å². The first-order valence-electron chi connectivity index (χ1n) is 8.68. The van der Waals surface area contributed by atoms with Crippen molar-refractivity contribution in [2.75, 3.05) is 0 Å². The number of hydrogen-bond donors (Lipinski definition) is 0. The van der Waals surface area contributed by atoms with Crippen LogP contribution in [0.3, 0.4) is 0 Å². The Morgan fingerprint density at radius 3 is 2.52 bits per heavy atom. The highest BCUT2D eigenvalue weighted by atomic mass is 16.1. The van der Waals surface area contributed by atoms with Gasteiger partial charge < -0.3 is 0 Å². The van der Waals surface area contributed by atoms with E-state index in [2.05, 4.69) is 60.7 Å². The number of carbonyl (C=O) groups is 1. The van der Waals surface area contributed by atoms with Crippen LogP contribution in [0.1, 0.15) is 30.4 Å². The quantitative estimate of drug-likeness (QED) is 0.698. The van der Waals surface area contributed by atoms with Crippen molar-refractivity contribution in [3.8, 4) is 11.1 Å². The van der Waals surface area contributed by atoms with Gasteiger partial charge in [0.2, 0.25) is 0 Å². The molecule has 2 bridgehead atoms. The van der Waals surface area contributed by atoms with Crippen LogP contribution < -0.4 is 0 Å². The summed E-state index contributed by atoms with van der Waals surface area (Å²) < 4.78 is 0. The van der Waals surface area contributed by atoms with Crippen molar-refractivity contribution >= 4 is 5.78 Å². The van der Waals surface area contributed by atoms with Gasteiger partial charge in [0.25, 0.3) is 0 Å². The summed E-state index contributed by atoms with van der Waals surface area (Å²) in [7, 11) is 0. The third-order valence-corrected chi connectivity index (χ3v) is 6.19. The van der Waals surface area contributed by atoms with Crippen LogP contribution in [0.4, 0.5) is 0 Å². The monoisotopic (exact) mass is 300 g/mol. The van der Waals surface area contributed by atoms with Crippen molar-refractivity contribution in [1.82, 2.24) is 0 Å². The van der Waals surface area contributed by atoms with E-state index in [1.165, 1.54) is 22.3 Å². The summed E-state index contributed by atoms with van der Waals surface area (Å²) in [6, 6.07) is 17.2. The standard InChI is InChI=1S/C22H20O/c23-20-12-10-17-7-4-8-19(16-5-2-1-3-6-16)21(17)22(20)14-15-9-11-18(22)13-15/h1-9,11,15,18H,10,12-14H2. The molecule has 1 fully saturated rings. The molecule has 0 amide bonds. The number of hydrogen-bond acceptors (Lipinski definition) is 1. The lowest BCUT2D eigenvalue weighted by Crippen LogP contribution is -2.44. The Bertz CT molecular complexity index is 817. The van der Waals surface area contributed by atoms with Gasteiger partial charge in [-0.25, -0.2) is 0 Å². The first-order chi connectivity index (χ1) is 11.3. The largest absolute Gasteiger partial charge is 0.299 e. The number of Topliss-reactive ketones (excluding diaryl/α,β-unsaturated/α-hetero) is 1. The maximum atomic E-state index is 13.1. The van der Waals surface area contributed by atoms with E-state index in [-0.39, 0.29) is 5.41 Å². The molecule has 3 aliphatic carbocycles. The Morgan fingerprint density at radius 1 is 0.913 bits per heavy atom. The molecule has 3 aliphatic rings. The Labute approximate surface area is 137 Å². The molecule has 1 nitrogen and oxygen atoms in total. The summed E-state index contributed by atoms with van der Waals surface area (Å²) in [6.07, 6.45) is 8.45. The first-order valence-corrected chi connectivity index (χ1v) is 8.68. The minimum Gasteiger partial charge on any atom is -0.299 e. The Morgan fingerprint density at radius 2 is 1.78 bits per heavy atom. The van der Waals surface area contributed by atoms with E-state index < -0.39 is 0 Å². The van der Waals surface area contributed by atoms with E-state index in [0.29, 0.717) is 24.0 Å². The third-order valence-electron chi connectivity index (χ3n) is 6.19. The minimum absolute atomic E-state index is 0.251. The molecule has 114 valence electrons. The minimum atomic E-state index is -0.251. The number of rotatable bonds is 1. The highest BCUT2D eigenvalue weighted by molar-refractivity contribution is 5.96. The van der Waals surface area contributed by atoms with Gasteiger partial charge in [-0.05, 0) is 53.4 Å². The normalized spacial score (nSPS) is 30.9. The van der Waals surface area contributed by atoms with Crippen LogP contribution in [-0.2, 0) is 16.6 Å². The summed E-state index contributed by atoms with van der Waals surface area (Å²) in [5.74, 6) is 1.48. The SMILES string of the molecule is O=C1CCc2cccc(-c3ccccc3)c2C12CC1C=CC2C1. The second kappa shape index (κ2) is 4.67. The number of allylic oxidation sites excluding steroid dienone is 2. The van der Waals surface area contributed by atoms with Crippen LogP contribution in [0.2, 0.25) is 0 Å². The third kappa shape index (κ3) is 1.71. The molecular weight excluding hydrogens is 280 g/mol. The van der Waals surface area contributed by atoms with Gasteiger partial charge in [-0.2, -0.15) is 0 Å². The van der Waals surface area contributed by atoms with Crippen LogP contribution >= 0.6 is 0 Å². The average Bonchev–Trinajstić information content (AvgIpc) is 3.21. The number of carbonyl (C=O) groups excluding carboxylic acids is 1. The zero-order chi connectivity index (χ0) is 15.4. The summed E-state index contributed by atoms with van der Waals surface area (Å²) in [6.45, 7) is 0. The molecule has 0 radical (unpaired) electrons. The van der Waals surface area contributed by atoms with Crippen LogP contribution in [0.15, 0.2) is 60.7 Å². The average molecular weight is 300 g/mol. The number of aryl methyl sites for hydroxylation is 1. The van der Waals surface area contributed by atoms with E-state index in [1.807, 2.05) is 0 Å². The Kier molecular flexibility index (Phi) is 2.70. The van der Waals surface area contributed by atoms with Gasteiger partial charge in [0.05, 0.1) is 5.41 Å². The fraction of sp³-hybridized carbons (Fsp3) is 0.318. The van der Waals surface area contributed by atoms with Gasteiger partial charge in [0, 0.05) is 6.42 Å². The maximum absolute atomic E-state index is 13.1. The van der Waals surface area contributed by atoms with E-state index in [1.54, 1.807) is 0 Å². The molecular formula is C22H20O. The molecule has 0 aromatic heterocycles. The number of ketones is 1. The lowest BCUT2D eigenvalue weighted by molar-refractivity contribution is -0.126.